The van der Waals surface area contributed by atoms with E-state index in [0.717, 1.165) is 12.5 Å². The topological polar surface area (TPSA) is 15.3 Å². The monoisotopic (exact) mass is 306 g/mol. The molecule has 1 fully saturated rings. The van der Waals surface area contributed by atoms with Crippen LogP contribution in [0.2, 0.25) is 0 Å². The summed E-state index contributed by atoms with van der Waals surface area (Å²) in [7, 11) is 0. The highest BCUT2D eigenvalue weighted by atomic mass is 32.1. The number of nitrogens with one attached hydrogen (secondary N) is 1. The first kappa shape index (κ1) is 15.5. The maximum Gasteiger partial charge on any atom is 0.0245 e. The van der Waals surface area contributed by atoms with Gasteiger partial charge >= 0.3 is 0 Å². The van der Waals surface area contributed by atoms with Gasteiger partial charge in [0.05, 0.1) is 0 Å². The average molecular weight is 307 g/mol. The van der Waals surface area contributed by atoms with E-state index in [1.165, 1.54) is 58.3 Å². The summed E-state index contributed by atoms with van der Waals surface area (Å²) < 4.78 is 0. The lowest BCUT2D eigenvalue weighted by molar-refractivity contribution is 0.137. The largest absolute Gasteiger partial charge is 0.316 e. The van der Waals surface area contributed by atoms with Gasteiger partial charge in [0.25, 0.3) is 0 Å². The molecule has 0 radical (unpaired) electrons. The van der Waals surface area contributed by atoms with Gasteiger partial charge in [0.1, 0.15) is 0 Å². The van der Waals surface area contributed by atoms with Gasteiger partial charge in [-0.25, -0.2) is 0 Å². The SMILES string of the molecule is CC(C)CNCC1(CN2CCc3sccc3C2)CCCC1. The summed E-state index contributed by atoms with van der Waals surface area (Å²) in [5.41, 5.74) is 2.14. The van der Waals surface area contributed by atoms with E-state index >= 15 is 0 Å². The van der Waals surface area contributed by atoms with Crippen LogP contribution in [0.5, 0.6) is 0 Å². The van der Waals surface area contributed by atoms with Crippen molar-refractivity contribution in [3.8, 4) is 0 Å². The maximum atomic E-state index is 3.75. The van der Waals surface area contributed by atoms with Gasteiger partial charge in [-0.15, -0.1) is 11.3 Å². The standard InChI is InChI=1S/C18H30N2S/c1-15(2)11-19-13-18(7-3-4-8-18)14-20-9-5-17-16(12-20)6-10-21-17/h6,10,15,19H,3-5,7-9,11-14H2,1-2H3. The molecule has 0 atom stereocenters. The summed E-state index contributed by atoms with van der Waals surface area (Å²) in [6, 6.07) is 2.34. The molecule has 21 heavy (non-hydrogen) atoms. The smallest absolute Gasteiger partial charge is 0.0245 e. The maximum absolute atomic E-state index is 3.75. The van der Waals surface area contributed by atoms with Crippen LogP contribution in [0, 0.1) is 11.3 Å². The Bertz CT molecular complexity index is 446. The zero-order valence-electron chi connectivity index (χ0n) is 13.7. The number of nitrogens with zero attached hydrogens (tertiary/aromatic N) is 1. The Kier molecular flexibility index (Phi) is 5.03. The third-order valence-electron chi connectivity index (χ3n) is 5.16. The van der Waals surface area contributed by atoms with Crippen molar-refractivity contribution < 1.29 is 0 Å². The zero-order chi connectivity index (χ0) is 14.7. The molecular formula is C18H30N2S. The van der Waals surface area contributed by atoms with Crippen LogP contribution in [0.4, 0.5) is 0 Å². The van der Waals surface area contributed by atoms with Crippen LogP contribution >= 0.6 is 11.3 Å². The number of fused-ring (bicyclic) bond motifs is 1. The Hall–Kier alpha value is -0.380. The molecule has 0 saturated heterocycles. The molecule has 1 aliphatic heterocycles. The summed E-state index contributed by atoms with van der Waals surface area (Å²) in [6.45, 7) is 10.7. The van der Waals surface area contributed by atoms with Crippen molar-refractivity contribution in [2.45, 2.75) is 52.5 Å². The van der Waals surface area contributed by atoms with E-state index in [0.29, 0.717) is 5.41 Å². The summed E-state index contributed by atoms with van der Waals surface area (Å²) >= 11 is 1.95. The molecule has 0 bridgehead atoms. The number of hydrogen-bond acceptors (Lipinski definition) is 3. The quantitative estimate of drug-likeness (QED) is 0.857. The van der Waals surface area contributed by atoms with E-state index in [9.17, 15) is 0 Å². The molecule has 1 aromatic heterocycles. The van der Waals surface area contributed by atoms with Crippen LogP contribution in [0.3, 0.4) is 0 Å². The Labute approximate surface area is 133 Å². The van der Waals surface area contributed by atoms with Gasteiger partial charge in [-0.2, -0.15) is 0 Å². The zero-order valence-corrected chi connectivity index (χ0v) is 14.5. The fourth-order valence-corrected chi connectivity index (χ4v) is 4.95. The highest BCUT2D eigenvalue weighted by molar-refractivity contribution is 7.10. The van der Waals surface area contributed by atoms with Crippen LogP contribution in [0.15, 0.2) is 11.4 Å². The molecule has 0 unspecified atom stereocenters. The van der Waals surface area contributed by atoms with Crippen LogP contribution in [-0.4, -0.2) is 31.1 Å². The Balaban J connectivity index is 1.58. The van der Waals surface area contributed by atoms with E-state index in [1.807, 2.05) is 11.3 Å². The van der Waals surface area contributed by atoms with E-state index in [2.05, 4.69) is 35.5 Å². The molecule has 118 valence electrons. The molecule has 2 nitrogen and oxygen atoms in total. The summed E-state index contributed by atoms with van der Waals surface area (Å²) in [6.07, 6.45) is 6.97. The lowest BCUT2D eigenvalue weighted by Gasteiger charge is -2.37. The van der Waals surface area contributed by atoms with Gasteiger partial charge in [0.2, 0.25) is 0 Å². The van der Waals surface area contributed by atoms with Gasteiger partial charge in [-0.3, -0.25) is 4.90 Å². The Morgan fingerprint density at radius 1 is 1.33 bits per heavy atom. The minimum atomic E-state index is 0.544. The van der Waals surface area contributed by atoms with Gasteiger partial charge in [0, 0.05) is 31.1 Å². The predicted molar refractivity (Wildman–Crippen MR) is 91.9 cm³/mol. The van der Waals surface area contributed by atoms with E-state index in [-0.39, 0.29) is 0 Å². The molecule has 3 rings (SSSR count). The van der Waals surface area contributed by atoms with Crippen molar-refractivity contribution >= 4 is 11.3 Å². The molecule has 2 aliphatic rings. The first-order valence-electron chi connectivity index (χ1n) is 8.65. The van der Waals surface area contributed by atoms with Crippen molar-refractivity contribution in [3.63, 3.8) is 0 Å². The minimum Gasteiger partial charge on any atom is -0.316 e. The van der Waals surface area contributed by atoms with Gasteiger partial charge < -0.3 is 5.32 Å². The highest BCUT2D eigenvalue weighted by Gasteiger charge is 2.36. The molecule has 1 aliphatic carbocycles. The molecular weight excluding hydrogens is 276 g/mol. The Morgan fingerprint density at radius 3 is 2.90 bits per heavy atom. The lowest BCUT2D eigenvalue weighted by Crippen LogP contribution is -2.44. The number of rotatable bonds is 6. The second kappa shape index (κ2) is 6.80. The molecule has 2 heterocycles. The second-order valence-corrected chi connectivity index (χ2v) is 8.56. The molecule has 0 spiro atoms. The van der Waals surface area contributed by atoms with Crippen LogP contribution in [0.25, 0.3) is 0 Å². The number of hydrogen-bond donors (Lipinski definition) is 1. The van der Waals surface area contributed by atoms with Gasteiger partial charge in [-0.1, -0.05) is 26.7 Å². The van der Waals surface area contributed by atoms with Crippen LogP contribution in [0.1, 0.15) is 50.0 Å². The summed E-state index contributed by atoms with van der Waals surface area (Å²) in [5, 5.41) is 6.01. The van der Waals surface area contributed by atoms with Gasteiger partial charge in [-0.05, 0) is 54.1 Å². The van der Waals surface area contributed by atoms with Crippen molar-refractivity contribution in [3.05, 3.63) is 21.9 Å². The highest BCUT2D eigenvalue weighted by Crippen LogP contribution is 2.39. The molecule has 1 N–H and O–H groups in total. The van der Waals surface area contributed by atoms with Crippen molar-refractivity contribution in [1.82, 2.24) is 10.2 Å². The van der Waals surface area contributed by atoms with Gasteiger partial charge in [0.15, 0.2) is 0 Å². The average Bonchev–Trinajstić information content (AvgIpc) is 3.07. The fourth-order valence-electron chi connectivity index (χ4n) is 4.06. The van der Waals surface area contributed by atoms with Crippen molar-refractivity contribution in [2.75, 3.05) is 26.2 Å². The summed E-state index contributed by atoms with van der Waals surface area (Å²) in [4.78, 5) is 4.35. The molecule has 0 amide bonds. The van der Waals surface area contributed by atoms with Crippen LogP contribution < -0.4 is 5.32 Å². The molecule has 0 aromatic carbocycles. The third-order valence-corrected chi connectivity index (χ3v) is 6.19. The molecule has 3 heteroatoms. The lowest BCUT2D eigenvalue weighted by atomic mass is 9.84. The first-order chi connectivity index (χ1) is 10.2. The third kappa shape index (κ3) is 3.88. The first-order valence-corrected chi connectivity index (χ1v) is 9.53. The summed E-state index contributed by atoms with van der Waals surface area (Å²) in [5.74, 6) is 0.756. The van der Waals surface area contributed by atoms with Crippen molar-refractivity contribution in [1.29, 1.82) is 0 Å². The Morgan fingerprint density at radius 2 is 2.14 bits per heavy atom. The normalized spacial score (nSPS) is 21.9. The van der Waals surface area contributed by atoms with E-state index in [4.69, 9.17) is 0 Å². The van der Waals surface area contributed by atoms with Crippen molar-refractivity contribution in [2.24, 2.45) is 11.3 Å². The van der Waals surface area contributed by atoms with E-state index < -0.39 is 0 Å². The number of thiophene rings is 1. The second-order valence-electron chi connectivity index (χ2n) is 7.56. The minimum absolute atomic E-state index is 0.544. The predicted octanol–water partition coefficient (Wildman–Crippen LogP) is 3.91. The van der Waals surface area contributed by atoms with Crippen LogP contribution in [-0.2, 0) is 13.0 Å². The van der Waals surface area contributed by atoms with E-state index in [1.54, 1.807) is 10.4 Å². The molecule has 1 aromatic rings. The molecule has 1 saturated carbocycles. The fraction of sp³-hybridized carbons (Fsp3) is 0.778.